The summed E-state index contributed by atoms with van der Waals surface area (Å²) in [6.45, 7) is 3.19. The van der Waals surface area contributed by atoms with Gasteiger partial charge in [-0.3, -0.25) is 4.99 Å². The van der Waals surface area contributed by atoms with Crippen LogP contribution in [0.2, 0.25) is 0 Å². The number of nitrogens with zero attached hydrogens (tertiary/aromatic N) is 1. The molecule has 28 heavy (non-hydrogen) atoms. The zero-order chi connectivity index (χ0) is 19.7. The van der Waals surface area contributed by atoms with Gasteiger partial charge in [-0.2, -0.15) is 0 Å². The average Bonchev–Trinajstić information content (AvgIpc) is 2.68. The Morgan fingerprint density at radius 2 is 1.79 bits per heavy atom. The molecule has 154 valence electrons. The third-order valence-electron chi connectivity index (χ3n) is 3.88. The normalized spacial score (nSPS) is 11.5. The van der Waals surface area contributed by atoms with Gasteiger partial charge in [0.15, 0.2) is 5.96 Å². The zero-order valence-electron chi connectivity index (χ0n) is 16.2. The molecule has 9 heteroatoms. The van der Waals surface area contributed by atoms with Crippen LogP contribution < -0.4 is 20.1 Å². The lowest BCUT2D eigenvalue weighted by Crippen LogP contribution is -2.41. The van der Waals surface area contributed by atoms with Crippen LogP contribution in [-0.4, -0.2) is 41.6 Å². The summed E-state index contributed by atoms with van der Waals surface area (Å²) < 4.78 is 32.3. The van der Waals surface area contributed by atoms with Gasteiger partial charge in [0.1, 0.15) is 5.75 Å². The van der Waals surface area contributed by atoms with Gasteiger partial charge in [0.25, 0.3) is 0 Å². The lowest BCUT2D eigenvalue weighted by Gasteiger charge is -2.14. The molecule has 0 aliphatic rings. The number of guanidine groups is 1. The molecule has 2 aromatic rings. The Morgan fingerprint density at radius 3 is 2.43 bits per heavy atom. The third kappa shape index (κ3) is 7.28. The van der Waals surface area contributed by atoms with Crippen LogP contribution >= 0.6 is 24.0 Å². The van der Waals surface area contributed by atoms with Crippen molar-refractivity contribution in [3.63, 3.8) is 0 Å². The maximum absolute atomic E-state index is 12.2. The predicted octanol–water partition coefficient (Wildman–Crippen LogP) is 2.27. The molecule has 0 amide bonds. The van der Waals surface area contributed by atoms with Gasteiger partial charge in [-0.05, 0) is 30.7 Å². The van der Waals surface area contributed by atoms with Crippen LogP contribution in [0.1, 0.15) is 11.1 Å². The van der Waals surface area contributed by atoms with E-state index in [1.165, 1.54) is 0 Å². The van der Waals surface area contributed by atoms with Crippen LogP contribution in [0.15, 0.2) is 58.4 Å². The van der Waals surface area contributed by atoms with Crippen LogP contribution in [0.5, 0.6) is 5.75 Å². The van der Waals surface area contributed by atoms with Crippen molar-refractivity contribution >= 4 is 40.0 Å². The zero-order valence-corrected chi connectivity index (χ0v) is 19.4. The molecule has 0 aliphatic heterocycles. The van der Waals surface area contributed by atoms with Crippen LogP contribution in [0.25, 0.3) is 0 Å². The van der Waals surface area contributed by atoms with Gasteiger partial charge in [0, 0.05) is 32.2 Å². The fraction of sp³-hybridized carbons (Fsp3) is 0.316. The molecule has 0 fully saturated rings. The van der Waals surface area contributed by atoms with Gasteiger partial charge in [0.2, 0.25) is 10.0 Å². The summed E-state index contributed by atoms with van der Waals surface area (Å²) in [6, 6.07) is 14.3. The van der Waals surface area contributed by atoms with Gasteiger partial charge in [-0.25, -0.2) is 13.1 Å². The Bertz CT molecular complexity index is 874. The number of methoxy groups -OCH3 is 1. The summed E-state index contributed by atoms with van der Waals surface area (Å²) in [6.07, 6.45) is 0. The number of benzene rings is 2. The van der Waals surface area contributed by atoms with E-state index >= 15 is 0 Å². The lowest BCUT2D eigenvalue weighted by molar-refractivity contribution is 0.408. The second kappa shape index (κ2) is 11.9. The first-order valence-electron chi connectivity index (χ1n) is 8.59. The van der Waals surface area contributed by atoms with Gasteiger partial charge < -0.3 is 15.4 Å². The summed E-state index contributed by atoms with van der Waals surface area (Å²) in [5.74, 6) is 1.39. The molecule has 3 N–H and O–H groups in total. The number of ether oxygens (including phenoxy) is 1. The minimum Gasteiger partial charge on any atom is -0.496 e. The van der Waals surface area contributed by atoms with E-state index in [9.17, 15) is 8.42 Å². The molecule has 2 rings (SSSR count). The molecule has 0 aromatic heterocycles. The van der Waals surface area contributed by atoms with E-state index in [4.69, 9.17) is 4.74 Å². The second-order valence-electron chi connectivity index (χ2n) is 5.88. The Morgan fingerprint density at radius 1 is 1.07 bits per heavy atom. The fourth-order valence-corrected chi connectivity index (χ4v) is 3.50. The summed E-state index contributed by atoms with van der Waals surface area (Å²) in [7, 11) is -0.195. The van der Waals surface area contributed by atoms with Crippen molar-refractivity contribution in [1.29, 1.82) is 0 Å². The van der Waals surface area contributed by atoms with E-state index in [2.05, 4.69) is 20.3 Å². The summed E-state index contributed by atoms with van der Waals surface area (Å²) in [5, 5.41) is 6.27. The molecular weight excluding hydrogens is 491 g/mol. The molecule has 0 atom stereocenters. The van der Waals surface area contributed by atoms with Crippen molar-refractivity contribution < 1.29 is 13.2 Å². The molecule has 0 aliphatic carbocycles. The van der Waals surface area contributed by atoms with Crippen LogP contribution in [0.3, 0.4) is 0 Å². The maximum Gasteiger partial charge on any atom is 0.240 e. The average molecular weight is 518 g/mol. The number of sulfonamides is 1. The van der Waals surface area contributed by atoms with E-state index in [0.717, 1.165) is 16.9 Å². The quantitative estimate of drug-likeness (QED) is 0.216. The topological polar surface area (TPSA) is 91.8 Å². The highest BCUT2D eigenvalue weighted by Crippen LogP contribution is 2.19. The van der Waals surface area contributed by atoms with Crippen molar-refractivity contribution in [2.24, 2.45) is 4.99 Å². The van der Waals surface area contributed by atoms with E-state index < -0.39 is 10.0 Å². The van der Waals surface area contributed by atoms with Crippen molar-refractivity contribution in [1.82, 2.24) is 15.4 Å². The summed E-state index contributed by atoms with van der Waals surface area (Å²) in [5.41, 5.74) is 2.14. The number of nitrogens with one attached hydrogen (secondary N) is 3. The summed E-state index contributed by atoms with van der Waals surface area (Å²) in [4.78, 5) is 4.39. The standard InChI is InChI=1S/C19H26N4O3S.HI/c1-15-9-10-16(18(13-15)26-3)14-22-19(20-2)21-11-12-23-27(24,25)17-7-5-4-6-8-17;/h4-10,13,23H,11-12,14H2,1-3H3,(H2,20,21,22);1H. The van der Waals surface area contributed by atoms with Crippen LogP contribution in [0, 0.1) is 6.92 Å². The monoisotopic (exact) mass is 518 g/mol. The minimum absolute atomic E-state index is 0. The smallest absolute Gasteiger partial charge is 0.240 e. The molecular formula is C19H27IN4O3S. The Hall–Kier alpha value is -1.85. The van der Waals surface area contributed by atoms with Gasteiger partial charge in [-0.1, -0.05) is 30.3 Å². The van der Waals surface area contributed by atoms with Gasteiger partial charge >= 0.3 is 0 Å². The van der Waals surface area contributed by atoms with Crippen molar-refractivity contribution in [3.8, 4) is 5.75 Å². The van der Waals surface area contributed by atoms with E-state index in [-0.39, 0.29) is 35.4 Å². The van der Waals surface area contributed by atoms with Crippen LogP contribution in [-0.2, 0) is 16.6 Å². The fourth-order valence-electron chi connectivity index (χ4n) is 2.45. The lowest BCUT2D eigenvalue weighted by atomic mass is 10.1. The van der Waals surface area contributed by atoms with Crippen molar-refractivity contribution in [3.05, 3.63) is 59.7 Å². The molecule has 0 radical (unpaired) electrons. The second-order valence-corrected chi connectivity index (χ2v) is 7.65. The number of aryl methyl sites for hydroxylation is 1. The molecule has 0 saturated heterocycles. The molecule has 0 spiro atoms. The number of rotatable bonds is 8. The third-order valence-corrected chi connectivity index (χ3v) is 5.35. The first kappa shape index (κ1) is 24.2. The van der Waals surface area contributed by atoms with Crippen molar-refractivity contribution in [2.45, 2.75) is 18.4 Å². The highest BCUT2D eigenvalue weighted by molar-refractivity contribution is 14.0. The number of hydrogen-bond acceptors (Lipinski definition) is 4. The van der Waals surface area contributed by atoms with E-state index in [0.29, 0.717) is 19.0 Å². The van der Waals surface area contributed by atoms with Gasteiger partial charge in [0.05, 0.1) is 12.0 Å². The van der Waals surface area contributed by atoms with Crippen LogP contribution in [0.4, 0.5) is 0 Å². The number of halogens is 1. The first-order valence-corrected chi connectivity index (χ1v) is 10.1. The highest BCUT2D eigenvalue weighted by atomic mass is 127. The summed E-state index contributed by atoms with van der Waals surface area (Å²) >= 11 is 0. The number of hydrogen-bond donors (Lipinski definition) is 3. The molecule has 2 aromatic carbocycles. The van der Waals surface area contributed by atoms with E-state index in [1.54, 1.807) is 44.5 Å². The number of aliphatic imine (C=N–C) groups is 1. The Labute approximate surface area is 184 Å². The molecule has 7 nitrogen and oxygen atoms in total. The maximum atomic E-state index is 12.2. The SMILES string of the molecule is CN=C(NCCNS(=O)(=O)c1ccccc1)NCc1ccc(C)cc1OC.I. The van der Waals surface area contributed by atoms with Gasteiger partial charge in [-0.15, -0.1) is 24.0 Å². The van der Waals surface area contributed by atoms with E-state index in [1.807, 2.05) is 25.1 Å². The largest absolute Gasteiger partial charge is 0.496 e. The Balaban J connectivity index is 0.00000392. The molecule has 0 unspecified atom stereocenters. The molecule has 0 heterocycles. The molecule has 0 saturated carbocycles. The Kier molecular flexibility index (Phi) is 10.3. The minimum atomic E-state index is -3.50. The van der Waals surface area contributed by atoms with Crippen molar-refractivity contribution in [2.75, 3.05) is 27.2 Å². The highest BCUT2D eigenvalue weighted by Gasteiger charge is 2.12. The molecule has 0 bridgehead atoms. The predicted molar refractivity (Wildman–Crippen MR) is 123 cm³/mol. The first-order chi connectivity index (χ1) is 13.0.